The molecule has 0 saturated carbocycles. The van der Waals surface area contributed by atoms with Crippen molar-refractivity contribution in [2.45, 2.75) is 44.8 Å². The minimum atomic E-state index is -0.985. The Hall–Kier alpha value is -4.70. The number of ketones is 1. The van der Waals surface area contributed by atoms with Gasteiger partial charge in [-0.3, -0.25) is 14.4 Å². The number of carbonyl (C=O) groups is 3. The molecule has 1 aliphatic rings. The Kier molecular flexibility index (Phi) is 7.03. The molecule has 198 valence electrons. The number of anilines is 1. The zero-order valence-corrected chi connectivity index (χ0v) is 21.7. The Morgan fingerprint density at radius 2 is 1.67 bits per heavy atom. The van der Waals surface area contributed by atoms with E-state index in [1.54, 1.807) is 43.0 Å². The molecule has 1 aromatic heterocycles. The molecular weight excluding hydrogens is 494 g/mol. The number of nitrogens with one attached hydrogen (secondary N) is 2. The minimum absolute atomic E-state index is 0.0325. The monoisotopic (exact) mass is 523 g/mol. The van der Waals surface area contributed by atoms with Gasteiger partial charge in [-0.05, 0) is 47.9 Å². The number of nitrogens with two attached hydrogens (primary N) is 1. The van der Waals surface area contributed by atoms with Crippen LogP contribution in [0.5, 0.6) is 0 Å². The van der Waals surface area contributed by atoms with Gasteiger partial charge in [0.25, 0.3) is 0 Å². The summed E-state index contributed by atoms with van der Waals surface area (Å²) < 4.78 is 0. The van der Waals surface area contributed by atoms with Gasteiger partial charge in [0, 0.05) is 29.5 Å². The van der Waals surface area contributed by atoms with Crippen molar-refractivity contribution in [1.82, 2.24) is 25.9 Å². The lowest BCUT2D eigenvalue weighted by Crippen LogP contribution is -2.50. The van der Waals surface area contributed by atoms with E-state index in [0.29, 0.717) is 17.1 Å². The summed E-state index contributed by atoms with van der Waals surface area (Å²) >= 11 is 0. The highest BCUT2D eigenvalue weighted by Crippen LogP contribution is 2.32. The first-order valence-corrected chi connectivity index (χ1v) is 12.6. The second-order valence-corrected chi connectivity index (χ2v) is 10.3. The molecule has 5 rings (SSSR count). The number of para-hydroxylation sites is 1. The van der Waals surface area contributed by atoms with Gasteiger partial charge in [-0.15, -0.1) is 10.2 Å². The Bertz CT molecular complexity index is 1510. The topological polar surface area (TPSA) is 147 Å². The summed E-state index contributed by atoms with van der Waals surface area (Å²) in [7, 11) is 0. The number of rotatable bonds is 7. The molecule has 4 aromatic rings. The average Bonchev–Trinajstić information content (AvgIpc) is 3.43. The number of amides is 2. The summed E-state index contributed by atoms with van der Waals surface area (Å²) in [5.41, 5.74) is 9.82. The Morgan fingerprint density at radius 3 is 2.33 bits per heavy atom. The summed E-state index contributed by atoms with van der Waals surface area (Å²) in [6.45, 7) is 3.70. The van der Waals surface area contributed by atoms with E-state index in [1.165, 1.54) is 0 Å². The number of aromatic amines is 1. The van der Waals surface area contributed by atoms with Crippen LogP contribution in [0.3, 0.4) is 0 Å². The minimum Gasteiger partial charge on any atom is -0.344 e. The van der Waals surface area contributed by atoms with Crippen LogP contribution in [0.2, 0.25) is 0 Å². The van der Waals surface area contributed by atoms with Crippen molar-refractivity contribution in [3.63, 3.8) is 0 Å². The molecule has 2 amide bonds. The third-order valence-electron chi connectivity index (χ3n) is 6.52. The number of H-pyrrole nitrogens is 1. The maximum atomic E-state index is 13.7. The van der Waals surface area contributed by atoms with Gasteiger partial charge < -0.3 is 16.0 Å². The van der Waals surface area contributed by atoms with Crippen LogP contribution in [0.1, 0.15) is 42.6 Å². The predicted molar refractivity (Wildman–Crippen MR) is 146 cm³/mol. The van der Waals surface area contributed by atoms with Crippen LogP contribution in [-0.4, -0.2) is 49.8 Å². The van der Waals surface area contributed by atoms with Crippen molar-refractivity contribution in [3.8, 4) is 22.5 Å². The molecule has 10 heteroatoms. The van der Waals surface area contributed by atoms with E-state index in [-0.39, 0.29) is 37.0 Å². The van der Waals surface area contributed by atoms with Crippen molar-refractivity contribution >= 4 is 23.3 Å². The summed E-state index contributed by atoms with van der Waals surface area (Å²) in [5.74, 6) is -0.420. The number of Topliss-reactive ketones (excluding diaryl/α,β-unsaturated/α-hetero) is 1. The Labute approximate surface area is 225 Å². The standard InChI is InChI=1S/C29H29N7O3/c1-29(2,30)16-26(38)31-23-15-25(37)22-9-5-6-10-24(22)36(28(23)39)17-18-11-13-19(14-12-18)20-7-3-4-8-21(20)27-32-34-35-33-27/h3-14,23H,15-17,30H2,1-2H3,(H,31,38)(H,32,33,34,35)/t23-/m1/s1. The van der Waals surface area contributed by atoms with Gasteiger partial charge in [-0.1, -0.05) is 60.7 Å². The molecule has 4 N–H and O–H groups in total. The third-order valence-corrected chi connectivity index (χ3v) is 6.52. The van der Waals surface area contributed by atoms with Crippen LogP contribution in [0.25, 0.3) is 22.5 Å². The largest absolute Gasteiger partial charge is 0.344 e. The molecular formula is C29H29N7O3. The Morgan fingerprint density at radius 1 is 1.00 bits per heavy atom. The van der Waals surface area contributed by atoms with Gasteiger partial charge in [0.05, 0.1) is 12.2 Å². The molecule has 0 fully saturated rings. The smallest absolute Gasteiger partial charge is 0.250 e. The van der Waals surface area contributed by atoms with E-state index in [1.807, 2.05) is 48.5 Å². The molecule has 0 radical (unpaired) electrons. The van der Waals surface area contributed by atoms with Gasteiger partial charge >= 0.3 is 0 Å². The van der Waals surface area contributed by atoms with Crippen LogP contribution < -0.4 is 16.0 Å². The molecule has 0 unspecified atom stereocenters. The first kappa shape index (κ1) is 25.9. The number of benzene rings is 3. The van der Waals surface area contributed by atoms with Gasteiger partial charge in [0.15, 0.2) is 5.78 Å². The molecule has 0 spiro atoms. The van der Waals surface area contributed by atoms with Crippen LogP contribution in [0.4, 0.5) is 5.69 Å². The molecule has 0 aliphatic carbocycles. The highest BCUT2D eigenvalue weighted by molar-refractivity contribution is 6.12. The number of aromatic nitrogens is 4. The van der Waals surface area contributed by atoms with Gasteiger partial charge in [0.2, 0.25) is 17.6 Å². The lowest BCUT2D eigenvalue weighted by Gasteiger charge is -2.27. The zero-order chi connectivity index (χ0) is 27.6. The maximum absolute atomic E-state index is 13.7. The molecule has 39 heavy (non-hydrogen) atoms. The van der Waals surface area contributed by atoms with E-state index in [9.17, 15) is 14.4 Å². The summed E-state index contributed by atoms with van der Waals surface area (Å²) in [5, 5.41) is 17.1. The number of carbonyl (C=O) groups excluding carboxylic acids is 3. The molecule has 3 aromatic carbocycles. The molecule has 0 bridgehead atoms. The summed E-state index contributed by atoms with van der Waals surface area (Å²) in [6.07, 6.45) is -0.0837. The van der Waals surface area contributed by atoms with E-state index in [0.717, 1.165) is 22.3 Å². The van der Waals surface area contributed by atoms with E-state index in [2.05, 4.69) is 25.9 Å². The normalized spacial score (nSPS) is 15.6. The average molecular weight is 524 g/mol. The summed E-state index contributed by atoms with van der Waals surface area (Å²) in [4.78, 5) is 41.0. The Balaban J connectivity index is 1.43. The lowest BCUT2D eigenvalue weighted by molar-refractivity contribution is -0.128. The highest BCUT2D eigenvalue weighted by Gasteiger charge is 2.35. The van der Waals surface area contributed by atoms with Crippen molar-refractivity contribution in [3.05, 3.63) is 83.9 Å². The quantitative estimate of drug-likeness (QED) is 0.337. The van der Waals surface area contributed by atoms with Crippen molar-refractivity contribution in [2.75, 3.05) is 4.90 Å². The fourth-order valence-corrected chi connectivity index (χ4v) is 4.75. The van der Waals surface area contributed by atoms with E-state index in [4.69, 9.17) is 5.73 Å². The molecule has 0 saturated heterocycles. The third kappa shape index (κ3) is 5.75. The van der Waals surface area contributed by atoms with E-state index >= 15 is 0 Å². The second kappa shape index (κ2) is 10.6. The zero-order valence-electron chi connectivity index (χ0n) is 21.7. The van der Waals surface area contributed by atoms with Gasteiger partial charge in [0.1, 0.15) is 6.04 Å². The SMILES string of the molecule is CC(C)(N)CC(=O)N[C@@H]1CC(=O)c2ccccc2N(Cc2ccc(-c3ccccc3-c3nn[nH]n3)cc2)C1=O. The van der Waals surface area contributed by atoms with Crippen LogP contribution in [0, 0.1) is 0 Å². The van der Waals surface area contributed by atoms with Crippen molar-refractivity contribution < 1.29 is 14.4 Å². The van der Waals surface area contributed by atoms with Crippen molar-refractivity contribution in [2.24, 2.45) is 5.73 Å². The maximum Gasteiger partial charge on any atom is 0.250 e. The van der Waals surface area contributed by atoms with Crippen molar-refractivity contribution in [1.29, 1.82) is 0 Å². The predicted octanol–water partition coefficient (Wildman–Crippen LogP) is 3.27. The van der Waals surface area contributed by atoms with Crippen LogP contribution in [-0.2, 0) is 16.1 Å². The van der Waals surface area contributed by atoms with Gasteiger partial charge in [-0.25, -0.2) is 0 Å². The van der Waals surface area contributed by atoms with Crippen LogP contribution >= 0.6 is 0 Å². The molecule has 10 nitrogen and oxygen atoms in total. The number of tetrazole rings is 1. The number of nitrogens with zero attached hydrogens (tertiary/aromatic N) is 4. The molecule has 2 heterocycles. The van der Waals surface area contributed by atoms with E-state index < -0.39 is 11.6 Å². The lowest BCUT2D eigenvalue weighted by atomic mass is 9.98. The second-order valence-electron chi connectivity index (χ2n) is 10.3. The number of hydrogen-bond donors (Lipinski definition) is 3. The fourth-order valence-electron chi connectivity index (χ4n) is 4.75. The number of fused-ring (bicyclic) bond motifs is 1. The fraction of sp³-hybridized carbons (Fsp3) is 0.241. The molecule has 1 atom stereocenters. The van der Waals surface area contributed by atoms with Gasteiger partial charge in [-0.2, -0.15) is 5.21 Å². The first-order chi connectivity index (χ1) is 18.7. The van der Waals surface area contributed by atoms with Crippen LogP contribution in [0.15, 0.2) is 72.8 Å². The summed E-state index contributed by atoms with van der Waals surface area (Å²) in [6, 6.07) is 21.6. The molecule has 1 aliphatic heterocycles. The first-order valence-electron chi connectivity index (χ1n) is 12.6. The number of hydrogen-bond acceptors (Lipinski definition) is 7. The highest BCUT2D eigenvalue weighted by atomic mass is 16.2.